The number of aromatic amines is 1. The summed E-state index contributed by atoms with van der Waals surface area (Å²) in [6.45, 7) is 0.144. The highest BCUT2D eigenvalue weighted by molar-refractivity contribution is 5.96. The van der Waals surface area contributed by atoms with Crippen molar-refractivity contribution in [3.63, 3.8) is 0 Å². The second-order valence-electron chi connectivity index (χ2n) is 4.87. The average Bonchev–Trinajstić information content (AvgIpc) is 2.97. The first-order valence-electron chi connectivity index (χ1n) is 7.19. The van der Waals surface area contributed by atoms with Gasteiger partial charge in [0.25, 0.3) is 0 Å². The van der Waals surface area contributed by atoms with Gasteiger partial charge in [-0.25, -0.2) is 14.5 Å². The largest absolute Gasteiger partial charge is 0.463 e. The Hall–Kier alpha value is -3.15. The standard InChI is InChI=1S/C17H15N3O3/c21-15(13-7-3-1-4-8-13)11-12-23-17-19-18-16(22)20(17)14-9-5-2-6-10-14/h1-10H,11-12H2,(H,18,22). The molecule has 1 aromatic heterocycles. The Kier molecular flexibility index (Phi) is 4.33. The first-order chi connectivity index (χ1) is 11.3. The highest BCUT2D eigenvalue weighted by atomic mass is 16.5. The lowest BCUT2D eigenvalue weighted by Crippen LogP contribution is -2.16. The van der Waals surface area contributed by atoms with E-state index < -0.39 is 0 Å². The van der Waals surface area contributed by atoms with Crippen molar-refractivity contribution in [1.29, 1.82) is 0 Å². The molecule has 2 aromatic carbocycles. The molecule has 0 spiro atoms. The first-order valence-corrected chi connectivity index (χ1v) is 7.19. The Bertz CT molecular complexity index is 838. The fourth-order valence-electron chi connectivity index (χ4n) is 2.19. The van der Waals surface area contributed by atoms with E-state index in [1.807, 2.05) is 36.4 Å². The van der Waals surface area contributed by atoms with Crippen molar-refractivity contribution < 1.29 is 9.53 Å². The maximum Gasteiger partial charge on any atom is 0.350 e. The zero-order valence-electron chi connectivity index (χ0n) is 12.3. The number of para-hydroxylation sites is 1. The van der Waals surface area contributed by atoms with Gasteiger partial charge < -0.3 is 4.74 Å². The number of nitrogens with zero attached hydrogens (tertiary/aromatic N) is 2. The number of hydrogen-bond donors (Lipinski definition) is 1. The van der Waals surface area contributed by atoms with Gasteiger partial charge in [0.2, 0.25) is 0 Å². The van der Waals surface area contributed by atoms with E-state index in [-0.39, 0.29) is 30.5 Å². The normalized spacial score (nSPS) is 10.4. The van der Waals surface area contributed by atoms with Crippen molar-refractivity contribution in [2.24, 2.45) is 0 Å². The molecule has 6 heteroatoms. The van der Waals surface area contributed by atoms with Crippen molar-refractivity contribution in [3.05, 3.63) is 76.7 Å². The third kappa shape index (κ3) is 3.37. The Labute approximate surface area is 132 Å². The zero-order valence-corrected chi connectivity index (χ0v) is 12.3. The maximum atomic E-state index is 12.0. The summed E-state index contributed by atoms with van der Waals surface area (Å²) in [6.07, 6.45) is 0.208. The van der Waals surface area contributed by atoms with Crippen LogP contribution < -0.4 is 10.4 Å². The number of nitrogens with one attached hydrogen (secondary N) is 1. The molecule has 3 rings (SSSR count). The molecule has 0 radical (unpaired) electrons. The molecule has 0 aliphatic rings. The number of carbonyl (C=O) groups excluding carboxylic acids is 1. The van der Waals surface area contributed by atoms with Gasteiger partial charge >= 0.3 is 11.7 Å². The fourth-order valence-corrected chi connectivity index (χ4v) is 2.19. The molecular formula is C17H15N3O3. The van der Waals surface area contributed by atoms with Crippen LogP contribution in [0.15, 0.2) is 65.5 Å². The molecule has 0 aliphatic heterocycles. The summed E-state index contributed by atoms with van der Waals surface area (Å²) in [5.41, 5.74) is 0.898. The van der Waals surface area contributed by atoms with Crippen LogP contribution in [-0.2, 0) is 0 Å². The van der Waals surface area contributed by atoms with Crippen molar-refractivity contribution >= 4 is 5.78 Å². The SMILES string of the molecule is O=C(CCOc1n[nH]c(=O)n1-c1ccccc1)c1ccccc1. The minimum Gasteiger partial charge on any atom is -0.463 e. The van der Waals surface area contributed by atoms with Crippen LogP contribution in [0.5, 0.6) is 6.01 Å². The monoisotopic (exact) mass is 309 g/mol. The van der Waals surface area contributed by atoms with E-state index in [0.29, 0.717) is 11.3 Å². The van der Waals surface area contributed by atoms with Crippen molar-refractivity contribution in [1.82, 2.24) is 14.8 Å². The summed E-state index contributed by atoms with van der Waals surface area (Å²) in [7, 11) is 0. The van der Waals surface area contributed by atoms with E-state index in [4.69, 9.17) is 4.74 Å². The van der Waals surface area contributed by atoms with E-state index in [0.717, 1.165) is 0 Å². The Morgan fingerprint density at radius 3 is 2.39 bits per heavy atom. The molecule has 1 heterocycles. The number of benzene rings is 2. The summed E-state index contributed by atoms with van der Waals surface area (Å²) >= 11 is 0. The van der Waals surface area contributed by atoms with Crippen LogP contribution in [0.3, 0.4) is 0 Å². The molecular weight excluding hydrogens is 294 g/mol. The number of carbonyl (C=O) groups is 1. The van der Waals surface area contributed by atoms with Crippen LogP contribution in [-0.4, -0.2) is 27.2 Å². The van der Waals surface area contributed by atoms with Gasteiger partial charge in [0.05, 0.1) is 12.3 Å². The lowest BCUT2D eigenvalue weighted by Gasteiger charge is -2.07. The highest BCUT2D eigenvalue weighted by Crippen LogP contribution is 2.12. The van der Waals surface area contributed by atoms with Gasteiger partial charge in [-0.2, -0.15) is 0 Å². The molecule has 0 fully saturated rings. The second kappa shape index (κ2) is 6.74. The van der Waals surface area contributed by atoms with E-state index >= 15 is 0 Å². The number of H-pyrrole nitrogens is 1. The fraction of sp³-hybridized carbons (Fsp3) is 0.118. The van der Waals surface area contributed by atoms with Crippen LogP contribution in [0, 0.1) is 0 Å². The Morgan fingerprint density at radius 2 is 1.70 bits per heavy atom. The van der Waals surface area contributed by atoms with Crippen LogP contribution in [0.25, 0.3) is 5.69 Å². The molecule has 0 atom stereocenters. The molecule has 0 saturated heterocycles. The maximum absolute atomic E-state index is 12.0. The van der Waals surface area contributed by atoms with E-state index in [2.05, 4.69) is 10.2 Å². The number of ketones is 1. The predicted molar refractivity (Wildman–Crippen MR) is 85.1 cm³/mol. The number of rotatable bonds is 6. The van der Waals surface area contributed by atoms with Crippen LogP contribution >= 0.6 is 0 Å². The minimum atomic E-state index is -0.388. The van der Waals surface area contributed by atoms with Crippen molar-refractivity contribution in [2.45, 2.75) is 6.42 Å². The summed E-state index contributed by atoms with van der Waals surface area (Å²) in [5, 5.41) is 6.21. The zero-order chi connectivity index (χ0) is 16.1. The lowest BCUT2D eigenvalue weighted by molar-refractivity contribution is 0.0959. The van der Waals surface area contributed by atoms with Gasteiger partial charge in [0.1, 0.15) is 0 Å². The number of aromatic nitrogens is 3. The van der Waals surface area contributed by atoms with E-state index in [1.54, 1.807) is 24.3 Å². The second-order valence-corrected chi connectivity index (χ2v) is 4.87. The first kappa shape index (κ1) is 14.8. The summed E-state index contributed by atoms with van der Waals surface area (Å²) in [4.78, 5) is 23.9. The summed E-state index contributed by atoms with van der Waals surface area (Å²) in [5.74, 6) is -0.0188. The third-order valence-electron chi connectivity index (χ3n) is 3.31. The van der Waals surface area contributed by atoms with E-state index in [9.17, 15) is 9.59 Å². The minimum absolute atomic E-state index is 0.0188. The third-order valence-corrected chi connectivity index (χ3v) is 3.31. The van der Waals surface area contributed by atoms with E-state index in [1.165, 1.54) is 4.57 Å². The summed E-state index contributed by atoms with van der Waals surface area (Å²) < 4.78 is 6.83. The van der Waals surface area contributed by atoms with Gasteiger partial charge in [0, 0.05) is 12.0 Å². The number of Topliss-reactive ketones (excluding diaryl/α,β-unsaturated/α-hetero) is 1. The molecule has 23 heavy (non-hydrogen) atoms. The number of hydrogen-bond acceptors (Lipinski definition) is 4. The molecule has 0 amide bonds. The van der Waals surface area contributed by atoms with Gasteiger partial charge in [-0.1, -0.05) is 48.5 Å². The predicted octanol–water partition coefficient (Wildman–Crippen LogP) is 2.21. The molecule has 6 nitrogen and oxygen atoms in total. The quantitative estimate of drug-likeness (QED) is 0.708. The van der Waals surface area contributed by atoms with Gasteiger partial charge in [-0.05, 0) is 12.1 Å². The lowest BCUT2D eigenvalue weighted by atomic mass is 10.1. The molecule has 0 saturated carbocycles. The van der Waals surface area contributed by atoms with Crippen molar-refractivity contribution in [2.75, 3.05) is 6.61 Å². The highest BCUT2D eigenvalue weighted by Gasteiger charge is 2.12. The van der Waals surface area contributed by atoms with Gasteiger partial charge in [-0.15, -0.1) is 5.10 Å². The average molecular weight is 309 g/mol. The molecule has 1 N–H and O–H groups in total. The molecule has 0 unspecified atom stereocenters. The van der Waals surface area contributed by atoms with Crippen LogP contribution in [0.2, 0.25) is 0 Å². The molecule has 116 valence electrons. The van der Waals surface area contributed by atoms with Crippen molar-refractivity contribution in [3.8, 4) is 11.7 Å². The Balaban J connectivity index is 1.68. The summed E-state index contributed by atoms with van der Waals surface area (Å²) in [6, 6.07) is 18.2. The van der Waals surface area contributed by atoms with Crippen LogP contribution in [0.4, 0.5) is 0 Å². The van der Waals surface area contributed by atoms with Gasteiger partial charge in [-0.3, -0.25) is 4.79 Å². The topological polar surface area (TPSA) is 77.0 Å². The van der Waals surface area contributed by atoms with Crippen LogP contribution in [0.1, 0.15) is 16.8 Å². The molecule has 0 bridgehead atoms. The Morgan fingerprint density at radius 1 is 1.04 bits per heavy atom. The molecule has 0 aliphatic carbocycles. The smallest absolute Gasteiger partial charge is 0.350 e. The number of ether oxygens (including phenoxy) is 1. The van der Waals surface area contributed by atoms with Gasteiger partial charge in [0.15, 0.2) is 5.78 Å². The molecule has 3 aromatic rings.